The Kier molecular flexibility index (Phi) is 11.5. The van der Waals surface area contributed by atoms with Gasteiger partial charge >= 0.3 is 0 Å². The second kappa shape index (κ2) is 16.4. The number of hydrogen-bond acceptors (Lipinski definition) is 11. The molecule has 3 aromatic rings. The van der Waals surface area contributed by atoms with Crippen LogP contribution in [0.25, 0.3) is 22.2 Å². The number of nitrogens with zero attached hydrogens (tertiary/aromatic N) is 3. The van der Waals surface area contributed by atoms with Crippen molar-refractivity contribution in [3.8, 4) is 22.8 Å². The Balaban J connectivity index is 1.09. The monoisotopic (exact) mass is 856 g/mol. The average Bonchev–Trinajstić information content (AvgIpc) is 4.14. The number of amides is 3. The normalized spacial score (nSPS) is 25.3. The molecule has 1 aromatic heterocycles. The highest BCUT2D eigenvalue weighted by molar-refractivity contribution is 7.90. The highest BCUT2D eigenvalue weighted by Gasteiger charge is 2.61. The first-order chi connectivity index (χ1) is 29.0. The third kappa shape index (κ3) is 8.78. The van der Waals surface area contributed by atoms with E-state index in [0.717, 1.165) is 5.56 Å². The molecule has 8 rings (SSSR count). The highest BCUT2D eigenvalue weighted by atomic mass is 32.2. The zero-order chi connectivity index (χ0) is 43.3. The molecule has 4 heterocycles. The van der Waals surface area contributed by atoms with Gasteiger partial charge in [-0.3, -0.25) is 23.9 Å². The number of pyridine rings is 1. The summed E-state index contributed by atoms with van der Waals surface area (Å²) in [5.41, 5.74) is 0.174. The summed E-state index contributed by atoms with van der Waals surface area (Å²) in [6.45, 7) is 11.6. The molecule has 61 heavy (non-hydrogen) atoms. The predicted octanol–water partition coefficient (Wildman–Crippen LogP) is 5.44. The van der Waals surface area contributed by atoms with Crippen molar-refractivity contribution in [1.29, 1.82) is 0 Å². The largest absolute Gasteiger partial charge is 0.497 e. The van der Waals surface area contributed by atoms with Crippen molar-refractivity contribution < 1.29 is 46.5 Å². The van der Waals surface area contributed by atoms with Gasteiger partial charge < -0.3 is 28.7 Å². The first-order valence-electron chi connectivity index (χ1n) is 21.3. The number of fused-ring (bicyclic) bond motifs is 1. The van der Waals surface area contributed by atoms with E-state index in [-0.39, 0.29) is 49.8 Å². The number of nitrogens with one attached hydrogen (secondary N) is 1. The number of benzene rings is 2. The molecule has 3 aliphatic heterocycles. The van der Waals surface area contributed by atoms with Crippen LogP contribution >= 0.6 is 0 Å². The lowest BCUT2D eigenvalue weighted by atomic mass is 9.77. The maximum atomic E-state index is 15.1. The minimum Gasteiger partial charge on any atom is -0.497 e. The molecule has 2 saturated carbocycles. The standard InChI is InChI=1S/C46H56N4O10S/c1-6-30-26-45(30,43(54)48-61(55,56)33-13-14-33)27-39(51)38-23-32(60-40-25-36(29-10-8-7-9-11-29)47-37-22-31(57-5)12-15-34(37)40)28-50(38)42(53)35(44(2,3)4)24-41(52)49-18-16-46(17-19-49)58-20-21-59-46/h6-12,15,22,25,30,32-33,35,38H,1,13-14,16-21,23-24,26-28H2,2-5H3,(H,48,54)/t30-,32-,35-,38+,45-/m1/s1. The summed E-state index contributed by atoms with van der Waals surface area (Å²) in [7, 11) is -2.29. The highest BCUT2D eigenvalue weighted by Crippen LogP contribution is 2.57. The molecule has 15 heteroatoms. The fourth-order valence-corrected chi connectivity index (χ4v) is 10.6. The molecule has 1 spiro atoms. The van der Waals surface area contributed by atoms with E-state index in [9.17, 15) is 22.8 Å². The van der Waals surface area contributed by atoms with E-state index in [0.29, 0.717) is 80.1 Å². The predicted molar refractivity (Wildman–Crippen MR) is 227 cm³/mol. The third-order valence-corrected chi connectivity index (χ3v) is 15.1. The van der Waals surface area contributed by atoms with Gasteiger partial charge in [0.1, 0.15) is 17.6 Å². The molecule has 3 saturated heterocycles. The van der Waals surface area contributed by atoms with Crippen LogP contribution in [0.15, 0.2) is 67.3 Å². The van der Waals surface area contributed by atoms with Crippen molar-refractivity contribution in [1.82, 2.24) is 19.5 Å². The van der Waals surface area contributed by atoms with Gasteiger partial charge in [0.25, 0.3) is 0 Å². The molecule has 2 aromatic carbocycles. The van der Waals surface area contributed by atoms with E-state index in [1.54, 1.807) is 18.1 Å². The number of piperidine rings is 1. The van der Waals surface area contributed by atoms with Gasteiger partial charge in [0.15, 0.2) is 11.6 Å². The zero-order valence-electron chi connectivity index (χ0n) is 35.4. The first-order valence-corrected chi connectivity index (χ1v) is 22.9. The van der Waals surface area contributed by atoms with Crippen LogP contribution < -0.4 is 14.2 Å². The molecule has 14 nitrogen and oxygen atoms in total. The minimum atomic E-state index is -3.88. The molecule has 5 fully saturated rings. The van der Waals surface area contributed by atoms with Gasteiger partial charge in [0, 0.05) is 68.3 Å². The molecule has 0 radical (unpaired) electrons. The van der Waals surface area contributed by atoms with E-state index in [4.69, 9.17) is 23.9 Å². The molecule has 5 aliphatic rings. The van der Waals surface area contributed by atoms with Crippen molar-refractivity contribution in [2.24, 2.45) is 22.7 Å². The molecule has 3 amide bonds. The Bertz CT molecular complexity index is 2310. The smallest absolute Gasteiger partial charge is 0.240 e. The molecule has 2 aliphatic carbocycles. The summed E-state index contributed by atoms with van der Waals surface area (Å²) in [5, 5.41) is 0.0912. The lowest BCUT2D eigenvalue weighted by Crippen LogP contribution is -2.51. The van der Waals surface area contributed by atoms with Crippen LogP contribution in [-0.2, 0) is 38.7 Å². The van der Waals surface area contributed by atoms with Crippen LogP contribution in [0.1, 0.15) is 72.1 Å². The van der Waals surface area contributed by atoms with Gasteiger partial charge in [-0.05, 0) is 42.7 Å². The lowest BCUT2D eigenvalue weighted by molar-refractivity contribution is -0.188. The van der Waals surface area contributed by atoms with E-state index >= 15 is 4.79 Å². The first kappa shape index (κ1) is 42.8. The maximum absolute atomic E-state index is 15.1. The van der Waals surface area contributed by atoms with Crippen LogP contribution in [-0.4, -0.2) is 110 Å². The van der Waals surface area contributed by atoms with Crippen LogP contribution in [0.3, 0.4) is 0 Å². The fourth-order valence-electron chi connectivity index (χ4n) is 9.23. The summed E-state index contributed by atoms with van der Waals surface area (Å²) < 4.78 is 52.1. The number of allylic oxidation sites excluding steroid dienone is 1. The molecule has 1 N–H and O–H groups in total. The zero-order valence-corrected chi connectivity index (χ0v) is 36.2. The number of ketones is 1. The Morgan fingerprint density at radius 3 is 2.36 bits per heavy atom. The molecule has 5 atom stereocenters. The lowest BCUT2D eigenvalue weighted by Gasteiger charge is -2.39. The minimum absolute atomic E-state index is 0.0394. The summed E-state index contributed by atoms with van der Waals surface area (Å²) in [6, 6.07) is 16.0. The second-order valence-electron chi connectivity index (χ2n) is 18.4. The number of likely N-dealkylation sites (tertiary alicyclic amines) is 2. The van der Waals surface area contributed by atoms with Crippen molar-refractivity contribution >= 4 is 44.4 Å². The number of ether oxygens (including phenoxy) is 4. The van der Waals surface area contributed by atoms with Crippen molar-refractivity contribution in [3.05, 3.63) is 67.3 Å². The van der Waals surface area contributed by atoms with Crippen molar-refractivity contribution in [3.63, 3.8) is 0 Å². The number of methoxy groups -OCH3 is 1. The molecule has 0 bridgehead atoms. The number of hydrogen-bond donors (Lipinski definition) is 1. The van der Waals surface area contributed by atoms with E-state index in [1.807, 2.05) is 75.4 Å². The number of carbonyl (C=O) groups is 4. The Morgan fingerprint density at radius 2 is 1.74 bits per heavy atom. The SMILES string of the molecule is C=C[C@@H]1C[C@]1(CC(=O)[C@@H]1C[C@@H](Oc2cc(-c3ccccc3)nc3cc(OC)ccc23)CN1C(=O)[C@@H](CC(=O)N1CCC2(CC1)OCCO2)C(C)(C)C)C(=O)NS(=O)(=O)C1CC1. The van der Waals surface area contributed by atoms with Gasteiger partial charge in [-0.25, -0.2) is 13.4 Å². The Hall–Kier alpha value is -4.86. The summed E-state index contributed by atoms with van der Waals surface area (Å²) in [6.07, 6.45) is 2.98. The Morgan fingerprint density at radius 1 is 1.03 bits per heavy atom. The van der Waals surface area contributed by atoms with Crippen molar-refractivity contribution in [2.45, 2.75) is 95.3 Å². The number of aromatic nitrogens is 1. The Labute approximate surface area is 357 Å². The maximum Gasteiger partial charge on any atom is 0.240 e. The average molecular weight is 857 g/mol. The molecule has 0 unspecified atom stereocenters. The van der Waals surface area contributed by atoms with Gasteiger partial charge in [-0.2, -0.15) is 0 Å². The number of Topliss-reactive ketones (excluding diaryl/α,β-unsaturated/α-hetero) is 1. The van der Waals surface area contributed by atoms with Crippen molar-refractivity contribution in [2.75, 3.05) is 40.0 Å². The van der Waals surface area contributed by atoms with Gasteiger partial charge in [0.2, 0.25) is 27.7 Å². The van der Waals surface area contributed by atoms with Crippen LogP contribution in [0.4, 0.5) is 0 Å². The fraction of sp³-hybridized carbons (Fsp3) is 0.543. The quantitative estimate of drug-likeness (QED) is 0.205. The van der Waals surface area contributed by atoms with E-state index in [1.165, 1.54) is 4.90 Å². The number of rotatable bonds is 14. The summed E-state index contributed by atoms with van der Waals surface area (Å²) in [4.78, 5) is 65.8. The van der Waals surface area contributed by atoms with Gasteiger partial charge in [-0.15, -0.1) is 6.58 Å². The van der Waals surface area contributed by atoms with E-state index in [2.05, 4.69) is 11.3 Å². The van der Waals surface area contributed by atoms with Crippen LogP contribution in [0.2, 0.25) is 0 Å². The van der Waals surface area contributed by atoms with Crippen LogP contribution in [0.5, 0.6) is 11.5 Å². The van der Waals surface area contributed by atoms with E-state index < -0.39 is 61.8 Å². The van der Waals surface area contributed by atoms with Gasteiger partial charge in [-0.1, -0.05) is 57.2 Å². The summed E-state index contributed by atoms with van der Waals surface area (Å²) in [5.74, 6) is -2.37. The number of carbonyl (C=O) groups excluding carboxylic acids is 4. The van der Waals surface area contributed by atoms with Crippen LogP contribution in [0, 0.1) is 22.7 Å². The number of sulfonamides is 1. The van der Waals surface area contributed by atoms with Gasteiger partial charge in [0.05, 0.1) is 60.7 Å². The molecule has 326 valence electrons. The second-order valence-corrected chi connectivity index (χ2v) is 20.3. The topological polar surface area (TPSA) is 171 Å². The molecular formula is C46H56N4O10S. The summed E-state index contributed by atoms with van der Waals surface area (Å²) >= 11 is 0. The molecular weight excluding hydrogens is 801 g/mol. The third-order valence-electron chi connectivity index (χ3n) is 13.2.